The second-order valence-corrected chi connectivity index (χ2v) is 9.51. The van der Waals surface area contributed by atoms with Crippen LogP contribution in [-0.4, -0.2) is 23.4 Å². The molecule has 4 aliphatic carbocycles. The van der Waals surface area contributed by atoms with E-state index < -0.39 is 17.4 Å². The van der Waals surface area contributed by atoms with Gasteiger partial charge in [0.2, 0.25) is 0 Å². The lowest BCUT2D eigenvalue weighted by Gasteiger charge is -2.56. The van der Waals surface area contributed by atoms with Crippen LogP contribution >= 0.6 is 0 Å². The predicted octanol–water partition coefficient (Wildman–Crippen LogP) is 4.30. The van der Waals surface area contributed by atoms with E-state index in [0.29, 0.717) is 6.42 Å². The van der Waals surface area contributed by atoms with Crippen LogP contribution in [-0.2, 0) is 14.3 Å². The normalized spacial score (nSPS) is 29.5. The predicted molar refractivity (Wildman–Crippen MR) is 107 cm³/mol. The van der Waals surface area contributed by atoms with E-state index in [1.165, 1.54) is 25.3 Å². The highest BCUT2D eigenvalue weighted by Crippen LogP contribution is 2.61. The zero-order valence-electron chi connectivity index (χ0n) is 17.0. The molecule has 0 atom stereocenters. The summed E-state index contributed by atoms with van der Waals surface area (Å²) in [5, 5.41) is 13.8. The van der Waals surface area contributed by atoms with Crippen molar-refractivity contribution in [1.82, 2.24) is 0 Å². The molecule has 1 amide bonds. The minimum Gasteiger partial charge on any atom is -0.456 e. The molecule has 4 saturated carbocycles. The minimum absolute atomic E-state index is 0.0646. The summed E-state index contributed by atoms with van der Waals surface area (Å²) in [6.45, 7) is 3.18. The molecule has 0 heterocycles. The number of anilines is 1. The number of carbonyl (C=O) groups excluding carboxylic acids is 2. The molecule has 5 rings (SSSR count). The average molecular weight is 400 g/mol. The van der Waals surface area contributed by atoms with Crippen LogP contribution in [0.4, 0.5) is 11.4 Å². The summed E-state index contributed by atoms with van der Waals surface area (Å²) in [6.07, 6.45) is 7.63. The van der Waals surface area contributed by atoms with E-state index in [1.807, 2.05) is 6.92 Å². The van der Waals surface area contributed by atoms with Gasteiger partial charge < -0.3 is 10.1 Å². The van der Waals surface area contributed by atoms with Gasteiger partial charge in [0.1, 0.15) is 5.69 Å². The summed E-state index contributed by atoms with van der Waals surface area (Å²) >= 11 is 0. The number of nitro groups is 1. The molecule has 156 valence electrons. The SMILES string of the molecule is Cc1cc(NC(=O)COC(=O)CC23CC4CC(CC(C4)C2)C3)c([N+](=O)[O-])cc1C. The zero-order chi connectivity index (χ0) is 20.8. The minimum atomic E-state index is -0.560. The summed E-state index contributed by atoms with van der Waals surface area (Å²) in [5.41, 5.74) is 1.64. The Kier molecular flexibility index (Phi) is 5.09. The summed E-state index contributed by atoms with van der Waals surface area (Å²) in [6, 6.07) is 3.01. The molecule has 0 spiro atoms. The van der Waals surface area contributed by atoms with Gasteiger partial charge in [-0.2, -0.15) is 0 Å². The van der Waals surface area contributed by atoms with Crippen molar-refractivity contribution >= 4 is 23.3 Å². The lowest BCUT2D eigenvalue weighted by molar-refractivity contribution is -0.384. The van der Waals surface area contributed by atoms with E-state index in [4.69, 9.17) is 4.74 Å². The fourth-order valence-corrected chi connectivity index (χ4v) is 6.25. The fraction of sp³-hybridized carbons (Fsp3) is 0.636. The van der Waals surface area contributed by atoms with Crippen LogP contribution in [0.2, 0.25) is 0 Å². The molecule has 0 saturated heterocycles. The van der Waals surface area contributed by atoms with E-state index in [1.54, 1.807) is 13.0 Å². The number of esters is 1. The molecule has 29 heavy (non-hydrogen) atoms. The molecule has 0 aliphatic heterocycles. The quantitative estimate of drug-likeness (QED) is 0.436. The Bertz CT molecular complexity index is 828. The second kappa shape index (κ2) is 7.43. The van der Waals surface area contributed by atoms with Crippen molar-refractivity contribution < 1.29 is 19.2 Å². The van der Waals surface area contributed by atoms with Gasteiger partial charge in [-0.15, -0.1) is 0 Å². The van der Waals surface area contributed by atoms with Crippen LogP contribution in [0, 0.1) is 47.1 Å². The lowest BCUT2D eigenvalue weighted by atomic mass is 9.49. The maximum Gasteiger partial charge on any atom is 0.306 e. The number of hydrogen-bond acceptors (Lipinski definition) is 5. The van der Waals surface area contributed by atoms with Crippen LogP contribution in [0.1, 0.15) is 56.1 Å². The van der Waals surface area contributed by atoms with Crippen LogP contribution in [0.3, 0.4) is 0 Å². The Hall–Kier alpha value is -2.44. The van der Waals surface area contributed by atoms with Gasteiger partial charge in [-0.1, -0.05) is 0 Å². The van der Waals surface area contributed by atoms with Crippen LogP contribution in [0.5, 0.6) is 0 Å². The van der Waals surface area contributed by atoms with Crippen LogP contribution in [0.15, 0.2) is 12.1 Å². The molecule has 4 fully saturated rings. The Morgan fingerprint density at radius 1 is 1.10 bits per heavy atom. The fourth-order valence-electron chi connectivity index (χ4n) is 6.25. The standard InChI is InChI=1S/C22H28N2O5/c1-13-3-18(19(24(27)28)4-14(13)2)23-20(25)12-29-21(26)11-22-8-15-5-16(9-22)7-17(6-15)10-22/h3-4,15-17H,5-12H2,1-2H3,(H,23,25). The smallest absolute Gasteiger partial charge is 0.306 e. The molecule has 1 aromatic carbocycles. The van der Waals surface area contributed by atoms with E-state index in [0.717, 1.165) is 48.1 Å². The van der Waals surface area contributed by atoms with Gasteiger partial charge in [0, 0.05) is 6.07 Å². The monoisotopic (exact) mass is 400 g/mol. The highest BCUT2D eigenvalue weighted by Gasteiger charge is 2.51. The molecule has 4 aliphatic rings. The first kappa shape index (κ1) is 19.9. The Morgan fingerprint density at radius 3 is 2.21 bits per heavy atom. The van der Waals surface area contributed by atoms with Crippen molar-refractivity contribution in [3.8, 4) is 0 Å². The second-order valence-electron chi connectivity index (χ2n) is 9.51. The zero-order valence-corrected chi connectivity index (χ0v) is 17.0. The van der Waals surface area contributed by atoms with E-state index in [2.05, 4.69) is 5.32 Å². The Morgan fingerprint density at radius 2 is 1.66 bits per heavy atom. The number of hydrogen-bond donors (Lipinski definition) is 1. The van der Waals surface area contributed by atoms with Crippen molar-refractivity contribution in [2.45, 2.75) is 58.8 Å². The third-order valence-corrected chi connectivity index (χ3v) is 7.13. The average Bonchev–Trinajstić information content (AvgIpc) is 2.61. The highest BCUT2D eigenvalue weighted by molar-refractivity contribution is 5.95. The number of carbonyl (C=O) groups is 2. The Balaban J connectivity index is 1.33. The summed E-state index contributed by atoms with van der Waals surface area (Å²) in [5.74, 6) is 1.36. The molecule has 1 aromatic rings. The first-order valence-electron chi connectivity index (χ1n) is 10.4. The van der Waals surface area contributed by atoms with Gasteiger partial charge in [0.15, 0.2) is 6.61 Å². The van der Waals surface area contributed by atoms with Crippen LogP contribution < -0.4 is 5.32 Å². The van der Waals surface area contributed by atoms with Gasteiger partial charge in [-0.25, -0.2) is 0 Å². The molecule has 7 nitrogen and oxygen atoms in total. The topological polar surface area (TPSA) is 98.5 Å². The highest BCUT2D eigenvalue weighted by atomic mass is 16.6. The Labute approximate surface area is 170 Å². The number of benzene rings is 1. The molecular weight excluding hydrogens is 372 g/mol. The molecule has 0 radical (unpaired) electrons. The van der Waals surface area contributed by atoms with Crippen molar-refractivity contribution in [2.24, 2.45) is 23.2 Å². The number of ether oxygens (including phenoxy) is 1. The molecule has 4 bridgehead atoms. The number of nitrogens with one attached hydrogen (secondary N) is 1. The maximum atomic E-state index is 12.4. The largest absolute Gasteiger partial charge is 0.456 e. The number of nitro benzene ring substituents is 1. The van der Waals surface area contributed by atoms with E-state index >= 15 is 0 Å². The molecular formula is C22H28N2O5. The van der Waals surface area contributed by atoms with Gasteiger partial charge >= 0.3 is 5.97 Å². The van der Waals surface area contributed by atoms with Crippen molar-refractivity contribution in [3.63, 3.8) is 0 Å². The van der Waals surface area contributed by atoms with E-state index in [-0.39, 0.29) is 22.8 Å². The summed E-state index contributed by atoms with van der Waals surface area (Å²) < 4.78 is 5.25. The summed E-state index contributed by atoms with van der Waals surface area (Å²) in [4.78, 5) is 35.4. The molecule has 0 aromatic heterocycles. The third kappa shape index (κ3) is 4.14. The van der Waals surface area contributed by atoms with E-state index in [9.17, 15) is 19.7 Å². The third-order valence-electron chi connectivity index (χ3n) is 7.13. The molecule has 0 unspecified atom stereocenters. The number of aryl methyl sites for hydroxylation is 2. The van der Waals surface area contributed by atoms with Crippen molar-refractivity contribution in [1.29, 1.82) is 0 Å². The van der Waals surface area contributed by atoms with Crippen LogP contribution in [0.25, 0.3) is 0 Å². The van der Waals surface area contributed by atoms with Gasteiger partial charge in [0.25, 0.3) is 11.6 Å². The molecule has 1 N–H and O–H groups in total. The van der Waals surface area contributed by atoms with Crippen molar-refractivity contribution in [2.75, 3.05) is 11.9 Å². The number of amides is 1. The van der Waals surface area contributed by atoms with Crippen molar-refractivity contribution in [3.05, 3.63) is 33.4 Å². The summed E-state index contributed by atoms with van der Waals surface area (Å²) in [7, 11) is 0. The van der Waals surface area contributed by atoms with Gasteiger partial charge in [-0.3, -0.25) is 19.7 Å². The molecule has 7 heteroatoms. The first-order chi connectivity index (χ1) is 13.7. The number of nitrogens with zero attached hydrogens (tertiary/aromatic N) is 1. The van der Waals surface area contributed by atoms with Gasteiger partial charge in [-0.05, 0) is 92.7 Å². The lowest BCUT2D eigenvalue weighted by Crippen LogP contribution is -2.47. The van der Waals surface area contributed by atoms with Gasteiger partial charge in [0.05, 0.1) is 11.3 Å². The number of rotatable bonds is 6. The maximum absolute atomic E-state index is 12.4. The first-order valence-corrected chi connectivity index (χ1v) is 10.4.